The molecule has 7 aliphatic heterocycles. The average molecular weight is 1910 g/mol. The van der Waals surface area contributed by atoms with Gasteiger partial charge in [0.1, 0.15) is 95.5 Å². The van der Waals surface area contributed by atoms with Crippen LogP contribution in [0.1, 0.15) is 213 Å². The quantitative estimate of drug-likeness (QED) is 0.0302. The van der Waals surface area contributed by atoms with Crippen LogP contribution in [-0.2, 0) is 69.1 Å². The van der Waals surface area contributed by atoms with Crippen LogP contribution in [-0.4, -0.2) is 231 Å². The lowest BCUT2D eigenvalue weighted by Gasteiger charge is -2.54. The van der Waals surface area contributed by atoms with E-state index in [0.717, 1.165) is 107 Å². The molecule has 12 aliphatic rings. The first-order chi connectivity index (χ1) is 63.8. The average Bonchev–Trinajstić information content (AvgIpc) is 0.921. The van der Waals surface area contributed by atoms with E-state index in [-0.39, 0.29) is 113 Å². The third kappa shape index (κ3) is 23.1. The van der Waals surface area contributed by atoms with Gasteiger partial charge in [-0.1, -0.05) is 82.7 Å². The molecular formula is C93H124ClN13O26S. The summed E-state index contributed by atoms with van der Waals surface area (Å²) >= 11 is 7.35. The Hall–Kier alpha value is -10.2. The van der Waals surface area contributed by atoms with Crippen molar-refractivity contribution < 1.29 is 126 Å². The van der Waals surface area contributed by atoms with E-state index in [2.05, 4.69) is 70.1 Å². The molecule has 0 spiro atoms. The number of phenols is 3. The van der Waals surface area contributed by atoms with Gasteiger partial charge < -0.3 is 133 Å². The molecule has 17 rings (SSSR count). The number of urea groups is 1. The van der Waals surface area contributed by atoms with Crippen molar-refractivity contribution in [2.45, 2.75) is 279 Å². The maximum Gasteiger partial charge on any atom is 0.321 e. The number of carbonyl (C=O) groups is 9. The van der Waals surface area contributed by atoms with E-state index in [1.165, 1.54) is 58.2 Å². The lowest BCUT2D eigenvalue weighted by Crippen LogP contribution is -2.64. The lowest BCUT2D eigenvalue weighted by atomic mass is 9.54. The number of nitrogens with two attached hydrogens (primary N) is 1. The molecule has 5 saturated carbocycles. The molecule has 41 heteroatoms. The van der Waals surface area contributed by atoms with Crippen LogP contribution in [0.25, 0.3) is 11.1 Å². The Labute approximate surface area is 780 Å². The molecule has 15 bridgehead atoms. The number of aliphatic hydroxyl groups is 6. The van der Waals surface area contributed by atoms with Crippen molar-refractivity contribution in [1.82, 2.24) is 63.2 Å². The van der Waals surface area contributed by atoms with Crippen LogP contribution in [0.4, 0.5) is 4.79 Å². The van der Waals surface area contributed by atoms with Crippen molar-refractivity contribution in [3.05, 3.63) is 117 Å². The highest BCUT2D eigenvalue weighted by molar-refractivity contribution is 7.89. The van der Waals surface area contributed by atoms with Crippen molar-refractivity contribution in [1.29, 1.82) is 0 Å². The van der Waals surface area contributed by atoms with E-state index in [1.54, 1.807) is 0 Å². The molecule has 2 saturated heterocycles. The summed E-state index contributed by atoms with van der Waals surface area (Å²) in [5, 5.41) is 139. The first-order valence-corrected chi connectivity index (χ1v) is 48.2. The molecule has 39 nitrogen and oxygen atoms in total. The van der Waals surface area contributed by atoms with E-state index in [9.17, 15) is 68.8 Å². The summed E-state index contributed by atoms with van der Waals surface area (Å²) in [6, 6.07) is -1.81. The number of halogens is 1. The highest BCUT2D eigenvalue weighted by Crippen LogP contribution is 2.55. The van der Waals surface area contributed by atoms with Gasteiger partial charge in [-0.3, -0.25) is 43.7 Å². The third-order valence-corrected chi connectivity index (χ3v) is 28.7. The van der Waals surface area contributed by atoms with Crippen LogP contribution in [0, 0.1) is 36.5 Å². The van der Waals surface area contributed by atoms with E-state index < -0.39 is 248 Å². The van der Waals surface area contributed by atoms with E-state index in [4.69, 9.17) is 45.8 Å². The SMILES string of the molecule is CCCCCCCCS(=O)(=O)NCCCNCc1c(O)cc2c(c1O)-c1cc(ccc1O)[C@H]1NC(=O)[C@@H]3NC(=O)[C@H](CC(=O)NC(=O)NC4CC4)NC(=O)[C@H](NC(=O)[C@@H](CC(C)C)NC)[C@H](O)c4ccc(c(C)c4)Oc4cc3cc(c4O[C@@H]3O[C@H](CO)[C@@H](O)[C@H](O)[C@H]3O[C@H]3C[C@](C)(N)[C@H](O)[C@H](C)O3)Oc3ccc(cc3Cl)[C@@H](O)[C@H](NC1=O)C(=O)N[C@@H]2C(=O)NC1C2CC3CC(C2)CC1C3. The first kappa shape index (κ1) is 99.8. The molecule has 5 aromatic carbocycles. The summed E-state index contributed by atoms with van der Waals surface area (Å²) in [5.41, 5.74) is 2.85. The zero-order valence-corrected chi connectivity index (χ0v) is 77.2. The van der Waals surface area contributed by atoms with Crippen molar-refractivity contribution in [3.8, 4) is 57.1 Å². The third-order valence-electron chi connectivity index (χ3n) is 26.9. The van der Waals surface area contributed by atoms with Crippen LogP contribution >= 0.6 is 11.6 Å². The van der Waals surface area contributed by atoms with E-state index in [1.807, 2.05) is 13.8 Å². The molecule has 18 atom stereocenters. The molecule has 0 radical (unpaired) electrons. The predicted molar refractivity (Wildman–Crippen MR) is 482 cm³/mol. The maximum atomic E-state index is 16.8. The van der Waals surface area contributed by atoms with Gasteiger partial charge in [-0.25, -0.2) is 17.9 Å². The Morgan fingerprint density at radius 3 is 1.99 bits per heavy atom. The summed E-state index contributed by atoms with van der Waals surface area (Å²) in [4.78, 5) is 139. The summed E-state index contributed by atoms with van der Waals surface area (Å²) in [6.07, 6.45) is -7.96. The van der Waals surface area contributed by atoms with Gasteiger partial charge in [-0.2, -0.15) is 0 Å². The van der Waals surface area contributed by atoms with Gasteiger partial charge in [0, 0.05) is 48.3 Å². The second-order valence-corrected chi connectivity index (χ2v) is 40.1. The number of amides is 10. The van der Waals surface area contributed by atoms with Gasteiger partial charge in [0.05, 0.1) is 47.6 Å². The minimum atomic E-state index is -3.66. The molecular weight excluding hydrogens is 1780 g/mol. The monoisotopic (exact) mass is 1910 g/mol. The van der Waals surface area contributed by atoms with Crippen molar-refractivity contribution >= 4 is 74.9 Å². The summed E-state index contributed by atoms with van der Waals surface area (Å²) < 4.78 is 68.2. The Morgan fingerprint density at radius 1 is 0.687 bits per heavy atom. The second-order valence-electron chi connectivity index (χ2n) is 37.8. The van der Waals surface area contributed by atoms with Crippen molar-refractivity contribution in [2.75, 3.05) is 32.5 Å². The molecule has 10 amide bonds. The fraction of sp³-hybridized carbons (Fsp3) is 0.581. The highest BCUT2D eigenvalue weighted by atomic mass is 35.5. The van der Waals surface area contributed by atoms with Gasteiger partial charge in [-0.05, 0) is 216 Å². The summed E-state index contributed by atoms with van der Waals surface area (Å²) in [6.45, 7) is 9.05. The first-order valence-electron chi connectivity index (χ1n) is 46.1. The van der Waals surface area contributed by atoms with Crippen LogP contribution in [0.2, 0.25) is 5.02 Å². The normalized spacial score (nSPS) is 29.8. The Kier molecular flexibility index (Phi) is 31.8. The standard InChI is InChI=1S/C93H124ClN13O26S/c1-8-9-10-11-12-13-25-134(126,127)98-24-14-23-97-40-56-61(110)37-55-69(78(56)114)54-33-47(15-20-60(54)109)71-86(120)107-75(90(124)105-73(55)88(122)102-70-50-29-45-28-46(31-50)32-51(70)30-45)77(113)49-17-22-63(57(94)34-49)130-65-36-52-35-64(81(65)133-91-82(80(116)79(115)66(41-108)131-91)132-68-39-93(6,95)83(117)44(5)128-68)129-62-21-16-48(27-43(62)4)76(112)74(106-84(118)58(96-7)26-42(2)3)89(123)100-59(85(119)103-72(52)87(121)104-71)38-67(111)101-92(125)99-53-18-19-53/h15-17,20-22,27,33-37,42,44-46,50-51,53,58-59,66,68,70-77,79-80,82-83,91,96-98,108-110,112-117H,8-14,18-19,23-26,28-32,38-41,95H2,1-7H3,(H,100,123)(H,102,122)(H,103,119)(H,104,121)(H,105,124)(H,106,118)(H,107,120)(H2,99,101,111,125)/t44-,45?,46?,50?,51?,58+,59-,66+,68-,70?,71+,72+,73-,74+,75-,76+,77+,79+,80-,82+,83+,91-,93-/m0/s1. The molecule has 23 N–H and O–H groups in total. The van der Waals surface area contributed by atoms with Crippen LogP contribution in [0.3, 0.4) is 0 Å². The summed E-state index contributed by atoms with van der Waals surface area (Å²) in [5.74, 6) is -13.5. The topological polar surface area (TPSA) is 596 Å². The molecule has 0 unspecified atom stereocenters. The number of aromatic hydroxyl groups is 3. The Bertz CT molecular complexity index is 5290. The number of hydrogen-bond acceptors (Lipinski definition) is 29. The number of ether oxygens (including phenoxy) is 6. The van der Waals surface area contributed by atoms with Gasteiger partial charge in [0.2, 0.25) is 69.3 Å². The largest absolute Gasteiger partial charge is 0.507 e. The molecule has 5 aromatic rings. The number of aryl methyl sites for hydroxylation is 1. The number of unbranched alkanes of at least 4 members (excludes halogenated alkanes) is 5. The highest BCUT2D eigenvalue weighted by Gasteiger charge is 2.54. The maximum absolute atomic E-state index is 16.8. The number of fused-ring (bicyclic) bond motifs is 15. The fourth-order valence-corrected chi connectivity index (χ4v) is 21.2. The summed E-state index contributed by atoms with van der Waals surface area (Å²) in [7, 11) is -2.17. The van der Waals surface area contributed by atoms with Gasteiger partial charge >= 0.3 is 6.03 Å². The van der Waals surface area contributed by atoms with E-state index >= 15 is 28.8 Å². The number of imide groups is 1. The van der Waals surface area contributed by atoms with Crippen molar-refractivity contribution in [3.63, 3.8) is 0 Å². The molecule has 5 aliphatic carbocycles. The minimum absolute atomic E-state index is 0.00617. The molecule has 7 heterocycles. The number of nitrogens with one attached hydrogen (secondary N) is 12. The number of aliphatic hydroxyl groups excluding tert-OH is 6. The fourth-order valence-electron chi connectivity index (χ4n) is 19.8. The number of likely N-dealkylation sites (N-methyl/N-ethyl adjacent to an activating group) is 1. The lowest BCUT2D eigenvalue weighted by molar-refractivity contribution is -0.333. The number of benzene rings is 5. The molecule has 134 heavy (non-hydrogen) atoms. The zero-order valence-electron chi connectivity index (χ0n) is 75.7. The van der Waals surface area contributed by atoms with E-state index in [0.29, 0.717) is 31.1 Å². The number of phenolic OH excluding ortho intramolecular Hbond substituents is 3. The predicted octanol–water partition coefficient (Wildman–Crippen LogP) is 3.88. The van der Waals surface area contributed by atoms with Gasteiger partial charge in [-0.15, -0.1) is 0 Å². The minimum Gasteiger partial charge on any atom is -0.507 e. The molecule has 730 valence electrons. The molecule has 7 fully saturated rings. The Morgan fingerprint density at radius 2 is 1.34 bits per heavy atom. The number of sulfonamides is 1. The second kappa shape index (κ2) is 42.6. The number of rotatable bonds is 29. The molecule has 0 aromatic heterocycles. The zero-order chi connectivity index (χ0) is 96.2. The van der Waals surface area contributed by atoms with Gasteiger partial charge in [0.15, 0.2) is 23.9 Å². The van der Waals surface area contributed by atoms with Crippen LogP contribution in [0.15, 0.2) is 72.8 Å². The smallest absolute Gasteiger partial charge is 0.321 e. The number of hydrogen-bond donors (Lipinski definition) is 22. The van der Waals surface area contributed by atoms with Crippen molar-refractivity contribution in [2.24, 2.45) is 35.3 Å². The van der Waals surface area contributed by atoms with Crippen LogP contribution in [0.5, 0.6) is 46.0 Å². The number of carbonyl (C=O) groups excluding carboxylic acids is 9. The Balaban J connectivity index is 0.945. The van der Waals surface area contributed by atoms with Gasteiger partial charge in [0.25, 0.3) is 0 Å². The van der Waals surface area contributed by atoms with Crippen LogP contribution < -0.4 is 83.2 Å².